The largest absolute Gasteiger partial charge is 0.416 e. The monoisotopic (exact) mass is 452 g/mol. The van der Waals surface area contributed by atoms with Crippen molar-refractivity contribution in [3.05, 3.63) is 65.2 Å². The standard InChI is InChI=1S/C19H10F6N6O/c20-18(21,22)12-3-11(4-13(6-12)19(23,24)25)17-29-9-31(30-17)8-15(16(27)32)10-1-2-28-14(5-10)7-26/h1-6,8-9H,(H2,27,32)/b15-8+. The minimum absolute atomic E-state index is 0.0121. The summed E-state index contributed by atoms with van der Waals surface area (Å²) < 4.78 is 79.3. The number of primary amides is 1. The molecule has 0 aliphatic rings. The highest BCUT2D eigenvalue weighted by Gasteiger charge is 2.37. The second kappa shape index (κ2) is 8.14. The number of alkyl halides is 6. The molecule has 2 aromatic heterocycles. The normalized spacial score (nSPS) is 12.5. The number of benzene rings is 1. The maximum Gasteiger partial charge on any atom is 0.416 e. The molecule has 164 valence electrons. The van der Waals surface area contributed by atoms with Gasteiger partial charge in [0.1, 0.15) is 18.1 Å². The highest BCUT2D eigenvalue weighted by Crippen LogP contribution is 2.38. The molecule has 32 heavy (non-hydrogen) atoms. The average molecular weight is 452 g/mol. The molecular formula is C19H10F6N6O. The van der Waals surface area contributed by atoms with E-state index in [1.54, 1.807) is 6.07 Å². The third-order valence-corrected chi connectivity index (χ3v) is 4.07. The van der Waals surface area contributed by atoms with Crippen molar-refractivity contribution in [2.24, 2.45) is 5.73 Å². The summed E-state index contributed by atoms with van der Waals surface area (Å²) in [5, 5.41) is 12.7. The Hall–Kier alpha value is -4.21. The van der Waals surface area contributed by atoms with E-state index >= 15 is 0 Å². The Morgan fingerprint density at radius 3 is 2.19 bits per heavy atom. The van der Waals surface area contributed by atoms with Crippen molar-refractivity contribution in [1.29, 1.82) is 5.26 Å². The number of nitrogens with zero attached hydrogens (tertiary/aromatic N) is 5. The molecule has 0 spiro atoms. The van der Waals surface area contributed by atoms with Gasteiger partial charge in [-0.1, -0.05) is 0 Å². The van der Waals surface area contributed by atoms with Gasteiger partial charge in [-0.25, -0.2) is 14.6 Å². The molecule has 13 heteroatoms. The SMILES string of the molecule is N#Cc1cc(/C(=C\n2cnc(-c3cc(C(F)(F)F)cc(C(F)(F)F)c3)n2)C(N)=O)ccn1. The Morgan fingerprint density at radius 2 is 1.66 bits per heavy atom. The van der Waals surface area contributed by atoms with Gasteiger partial charge in [0.05, 0.1) is 16.7 Å². The van der Waals surface area contributed by atoms with Crippen molar-refractivity contribution in [3.8, 4) is 17.5 Å². The zero-order chi connectivity index (χ0) is 23.7. The number of carbonyl (C=O) groups is 1. The number of aromatic nitrogens is 4. The van der Waals surface area contributed by atoms with Gasteiger partial charge in [-0.05, 0) is 35.9 Å². The maximum absolute atomic E-state index is 13.1. The Bertz CT molecular complexity index is 1220. The summed E-state index contributed by atoms with van der Waals surface area (Å²) in [4.78, 5) is 19.3. The molecule has 0 atom stereocenters. The molecule has 0 bridgehead atoms. The molecule has 0 aliphatic heterocycles. The summed E-state index contributed by atoms with van der Waals surface area (Å²) in [7, 11) is 0. The number of halogens is 6. The van der Waals surface area contributed by atoms with Crippen LogP contribution in [-0.2, 0) is 17.1 Å². The van der Waals surface area contributed by atoms with E-state index in [9.17, 15) is 31.1 Å². The predicted molar refractivity (Wildman–Crippen MR) is 97.8 cm³/mol. The number of hydrogen-bond acceptors (Lipinski definition) is 5. The summed E-state index contributed by atoms with van der Waals surface area (Å²) in [5.74, 6) is -1.38. The first-order valence-corrected chi connectivity index (χ1v) is 8.47. The average Bonchev–Trinajstić information content (AvgIpc) is 3.19. The summed E-state index contributed by atoms with van der Waals surface area (Å²) in [6.07, 6.45) is -6.78. The van der Waals surface area contributed by atoms with Gasteiger partial charge >= 0.3 is 12.4 Å². The zero-order valence-corrected chi connectivity index (χ0v) is 15.6. The van der Waals surface area contributed by atoms with E-state index in [1.807, 2.05) is 0 Å². The van der Waals surface area contributed by atoms with Crippen molar-refractivity contribution in [2.75, 3.05) is 0 Å². The first-order chi connectivity index (χ1) is 14.9. The smallest absolute Gasteiger partial charge is 0.366 e. The van der Waals surface area contributed by atoms with E-state index in [4.69, 9.17) is 11.0 Å². The molecule has 2 N–H and O–H groups in total. The van der Waals surface area contributed by atoms with Crippen molar-refractivity contribution < 1.29 is 31.1 Å². The lowest BCUT2D eigenvalue weighted by Crippen LogP contribution is -2.14. The van der Waals surface area contributed by atoms with E-state index in [0.717, 1.165) is 17.2 Å². The highest BCUT2D eigenvalue weighted by molar-refractivity contribution is 6.22. The summed E-state index contributed by atoms with van der Waals surface area (Å²) in [6, 6.07) is 5.36. The van der Waals surface area contributed by atoms with Gasteiger partial charge < -0.3 is 5.73 Å². The topological polar surface area (TPSA) is 110 Å². The van der Waals surface area contributed by atoms with E-state index < -0.39 is 40.8 Å². The fraction of sp³-hybridized carbons (Fsp3) is 0.105. The van der Waals surface area contributed by atoms with Crippen LogP contribution in [0, 0.1) is 11.3 Å². The van der Waals surface area contributed by atoms with Gasteiger partial charge in [0, 0.05) is 18.0 Å². The molecule has 2 heterocycles. The molecule has 1 aromatic carbocycles. The van der Waals surface area contributed by atoms with Crippen LogP contribution in [0.2, 0.25) is 0 Å². The van der Waals surface area contributed by atoms with Crippen LogP contribution < -0.4 is 5.73 Å². The molecule has 1 amide bonds. The van der Waals surface area contributed by atoms with Crippen LogP contribution in [0.15, 0.2) is 42.9 Å². The number of pyridine rings is 1. The molecule has 0 radical (unpaired) electrons. The van der Waals surface area contributed by atoms with Crippen LogP contribution in [0.5, 0.6) is 0 Å². The zero-order valence-electron chi connectivity index (χ0n) is 15.6. The summed E-state index contributed by atoms with van der Waals surface area (Å²) in [6.45, 7) is 0. The molecular weight excluding hydrogens is 442 g/mol. The number of carbonyl (C=O) groups excluding carboxylic acids is 1. The second-order valence-electron chi connectivity index (χ2n) is 6.29. The van der Waals surface area contributed by atoms with Crippen LogP contribution in [0.1, 0.15) is 22.4 Å². The van der Waals surface area contributed by atoms with Crippen LogP contribution in [0.25, 0.3) is 23.2 Å². The first-order valence-electron chi connectivity index (χ1n) is 8.47. The van der Waals surface area contributed by atoms with Crippen LogP contribution in [-0.4, -0.2) is 25.7 Å². The molecule has 0 saturated heterocycles. The van der Waals surface area contributed by atoms with Gasteiger partial charge in [-0.15, -0.1) is 5.10 Å². The predicted octanol–water partition coefficient (Wildman–Crippen LogP) is 3.73. The molecule has 0 unspecified atom stereocenters. The van der Waals surface area contributed by atoms with Crippen molar-refractivity contribution >= 4 is 17.7 Å². The Morgan fingerprint density at radius 1 is 1.03 bits per heavy atom. The highest BCUT2D eigenvalue weighted by atomic mass is 19.4. The van der Waals surface area contributed by atoms with Gasteiger partial charge in [-0.2, -0.15) is 31.6 Å². The number of nitrogens with two attached hydrogens (primary N) is 1. The fourth-order valence-corrected chi connectivity index (χ4v) is 2.63. The second-order valence-corrected chi connectivity index (χ2v) is 6.29. The van der Waals surface area contributed by atoms with Crippen molar-refractivity contribution in [2.45, 2.75) is 12.4 Å². The van der Waals surface area contributed by atoms with Gasteiger partial charge in [0.15, 0.2) is 5.82 Å². The third-order valence-electron chi connectivity index (χ3n) is 4.07. The van der Waals surface area contributed by atoms with E-state index in [1.165, 1.54) is 18.3 Å². The Balaban J connectivity index is 2.08. The minimum atomic E-state index is -5.03. The molecule has 7 nitrogen and oxygen atoms in total. The molecule has 0 aliphatic carbocycles. The number of amides is 1. The van der Waals surface area contributed by atoms with Gasteiger partial charge in [-0.3, -0.25) is 4.79 Å². The minimum Gasteiger partial charge on any atom is -0.366 e. The lowest BCUT2D eigenvalue weighted by Gasteiger charge is -2.13. The third kappa shape index (κ3) is 4.91. The number of rotatable bonds is 4. The Labute approximate surface area is 175 Å². The van der Waals surface area contributed by atoms with Crippen LogP contribution in [0.3, 0.4) is 0 Å². The lowest BCUT2D eigenvalue weighted by atomic mass is 10.0. The fourth-order valence-electron chi connectivity index (χ4n) is 2.63. The molecule has 3 rings (SSSR count). The quantitative estimate of drug-likeness (QED) is 0.479. The van der Waals surface area contributed by atoms with Gasteiger partial charge in [0.2, 0.25) is 0 Å². The van der Waals surface area contributed by atoms with E-state index in [0.29, 0.717) is 12.1 Å². The summed E-state index contributed by atoms with van der Waals surface area (Å²) in [5.41, 5.74) is 1.79. The van der Waals surface area contributed by atoms with E-state index in [2.05, 4.69) is 15.1 Å². The molecule has 3 aromatic rings. The Kier molecular flexibility index (Phi) is 5.72. The molecule has 0 fully saturated rings. The van der Waals surface area contributed by atoms with Crippen molar-refractivity contribution in [3.63, 3.8) is 0 Å². The maximum atomic E-state index is 13.1. The van der Waals surface area contributed by atoms with Crippen molar-refractivity contribution in [1.82, 2.24) is 19.7 Å². The van der Waals surface area contributed by atoms with E-state index in [-0.39, 0.29) is 22.9 Å². The summed E-state index contributed by atoms with van der Waals surface area (Å²) >= 11 is 0. The number of hydrogen-bond donors (Lipinski definition) is 1. The molecule has 0 saturated carbocycles. The van der Waals surface area contributed by atoms with Crippen LogP contribution >= 0.6 is 0 Å². The first kappa shape index (κ1) is 22.5. The van der Waals surface area contributed by atoms with Crippen LogP contribution in [0.4, 0.5) is 26.3 Å². The number of nitriles is 1. The lowest BCUT2D eigenvalue weighted by molar-refractivity contribution is -0.143. The van der Waals surface area contributed by atoms with Gasteiger partial charge in [0.25, 0.3) is 5.91 Å².